The maximum Gasteiger partial charge on any atom is 0.135 e. The van der Waals surface area contributed by atoms with Crippen LogP contribution in [0.2, 0.25) is 0 Å². The lowest BCUT2D eigenvalue weighted by molar-refractivity contribution is 0.634. The third-order valence-electron chi connectivity index (χ3n) is 4.00. The molecule has 110 valence electrons. The Kier molecular flexibility index (Phi) is 4.15. The number of aromatic nitrogens is 2. The fourth-order valence-corrected chi connectivity index (χ4v) is 2.90. The normalized spacial score (nSPS) is 17.9. The molecule has 1 aromatic heterocycles. The van der Waals surface area contributed by atoms with Crippen molar-refractivity contribution in [3.8, 4) is 0 Å². The van der Waals surface area contributed by atoms with Crippen molar-refractivity contribution in [2.75, 3.05) is 25.5 Å². The average Bonchev–Trinajstić information content (AvgIpc) is 2.70. The van der Waals surface area contributed by atoms with Crippen LogP contribution in [-0.2, 0) is 12.8 Å². The van der Waals surface area contributed by atoms with Crippen LogP contribution in [0.5, 0.6) is 0 Å². The SMILES string of the molecule is CNc1nc(Cc2ccccc2)nc2c1CCNCC2C. The van der Waals surface area contributed by atoms with Gasteiger partial charge in [-0.3, -0.25) is 0 Å². The minimum Gasteiger partial charge on any atom is -0.373 e. The van der Waals surface area contributed by atoms with Crippen molar-refractivity contribution in [3.63, 3.8) is 0 Å². The molecule has 1 aliphatic heterocycles. The molecule has 0 fully saturated rings. The molecular formula is C17H22N4. The monoisotopic (exact) mass is 282 g/mol. The van der Waals surface area contributed by atoms with Crippen LogP contribution in [0, 0.1) is 0 Å². The zero-order chi connectivity index (χ0) is 14.7. The van der Waals surface area contributed by atoms with E-state index in [2.05, 4.69) is 41.8 Å². The van der Waals surface area contributed by atoms with Crippen molar-refractivity contribution >= 4 is 5.82 Å². The molecule has 4 heteroatoms. The summed E-state index contributed by atoms with van der Waals surface area (Å²) >= 11 is 0. The Hall–Kier alpha value is -1.94. The van der Waals surface area contributed by atoms with Crippen LogP contribution in [0.15, 0.2) is 30.3 Å². The van der Waals surface area contributed by atoms with Gasteiger partial charge in [-0.1, -0.05) is 37.3 Å². The van der Waals surface area contributed by atoms with E-state index in [1.165, 1.54) is 16.8 Å². The summed E-state index contributed by atoms with van der Waals surface area (Å²) in [6, 6.07) is 10.4. The molecule has 1 atom stereocenters. The first-order valence-corrected chi connectivity index (χ1v) is 7.60. The van der Waals surface area contributed by atoms with E-state index in [0.717, 1.165) is 37.6 Å². The highest BCUT2D eigenvalue weighted by Crippen LogP contribution is 2.26. The van der Waals surface area contributed by atoms with Crippen molar-refractivity contribution in [3.05, 3.63) is 53.0 Å². The number of nitrogens with one attached hydrogen (secondary N) is 2. The van der Waals surface area contributed by atoms with E-state index in [0.29, 0.717) is 5.92 Å². The summed E-state index contributed by atoms with van der Waals surface area (Å²) in [6.07, 6.45) is 1.77. The minimum atomic E-state index is 0.423. The quantitative estimate of drug-likeness (QED) is 0.907. The molecule has 1 aromatic carbocycles. The third-order valence-corrected chi connectivity index (χ3v) is 4.00. The first-order valence-electron chi connectivity index (χ1n) is 7.60. The van der Waals surface area contributed by atoms with E-state index in [1.807, 2.05) is 13.1 Å². The summed E-state index contributed by atoms with van der Waals surface area (Å²) in [7, 11) is 1.94. The van der Waals surface area contributed by atoms with Crippen LogP contribution >= 0.6 is 0 Å². The van der Waals surface area contributed by atoms with E-state index in [9.17, 15) is 0 Å². The summed E-state index contributed by atoms with van der Waals surface area (Å²) in [5, 5.41) is 6.72. The molecule has 0 amide bonds. The molecule has 0 bridgehead atoms. The third kappa shape index (κ3) is 3.05. The summed E-state index contributed by atoms with van der Waals surface area (Å²) in [5.41, 5.74) is 3.72. The Morgan fingerprint density at radius 3 is 2.81 bits per heavy atom. The van der Waals surface area contributed by atoms with E-state index in [-0.39, 0.29) is 0 Å². The smallest absolute Gasteiger partial charge is 0.135 e. The lowest BCUT2D eigenvalue weighted by Crippen LogP contribution is -2.18. The molecule has 0 saturated heterocycles. The van der Waals surface area contributed by atoms with Crippen molar-refractivity contribution in [1.29, 1.82) is 0 Å². The average molecular weight is 282 g/mol. The van der Waals surface area contributed by atoms with Crippen molar-refractivity contribution in [1.82, 2.24) is 15.3 Å². The van der Waals surface area contributed by atoms with Gasteiger partial charge in [0.2, 0.25) is 0 Å². The zero-order valence-corrected chi connectivity index (χ0v) is 12.7. The number of benzene rings is 1. The second-order valence-corrected chi connectivity index (χ2v) is 5.62. The fourth-order valence-electron chi connectivity index (χ4n) is 2.90. The van der Waals surface area contributed by atoms with Crippen LogP contribution in [0.25, 0.3) is 0 Å². The molecule has 2 N–H and O–H groups in total. The Balaban J connectivity index is 1.99. The fraction of sp³-hybridized carbons (Fsp3) is 0.412. The molecule has 1 aliphatic rings. The lowest BCUT2D eigenvalue weighted by Gasteiger charge is -2.16. The van der Waals surface area contributed by atoms with Gasteiger partial charge in [0.15, 0.2) is 0 Å². The largest absolute Gasteiger partial charge is 0.373 e. The van der Waals surface area contributed by atoms with Gasteiger partial charge in [0.05, 0.1) is 5.69 Å². The van der Waals surface area contributed by atoms with Crippen molar-refractivity contribution in [2.45, 2.75) is 25.7 Å². The number of hydrogen-bond acceptors (Lipinski definition) is 4. The predicted molar refractivity (Wildman–Crippen MR) is 85.8 cm³/mol. The molecule has 21 heavy (non-hydrogen) atoms. The standard InChI is InChI=1S/C17H22N4/c1-12-11-19-9-8-14-16(12)20-15(21-17(14)18-2)10-13-6-4-3-5-7-13/h3-7,12,19H,8-11H2,1-2H3,(H,18,20,21). The second kappa shape index (κ2) is 6.22. The van der Waals surface area contributed by atoms with Gasteiger partial charge in [-0.25, -0.2) is 9.97 Å². The first-order chi connectivity index (χ1) is 10.3. The van der Waals surface area contributed by atoms with Crippen molar-refractivity contribution < 1.29 is 0 Å². The van der Waals surface area contributed by atoms with Crippen LogP contribution in [0.3, 0.4) is 0 Å². The maximum atomic E-state index is 4.87. The van der Waals surface area contributed by atoms with Crippen LogP contribution in [-0.4, -0.2) is 30.1 Å². The van der Waals surface area contributed by atoms with E-state index >= 15 is 0 Å². The molecule has 0 radical (unpaired) electrons. The number of anilines is 1. The molecule has 0 saturated carbocycles. The summed E-state index contributed by atoms with van der Waals surface area (Å²) in [6.45, 7) is 4.21. The minimum absolute atomic E-state index is 0.423. The number of fused-ring (bicyclic) bond motifs is 1. The number of rotatable bonds is 3. The Labute approximate surface area is 126 Å². The summed E-state index contributed by atoms with van der Waals surface area (Å²) < 4.78 is 0. The highest BCUT2D eigenvalue weighted by atomic mass is 15.0. The topological polar surface area (TPSA) is 49.8 Å². The van der Waals surface area contributed by atoms with Gasteiger partial charge in [-0.2, -0.15) is 0 Å². The van der Waals surface area contributed by atoms with Gasteiger partial charge in [0.25, 0.3) is 0 Å². The van der Waals surface area contributed by atoms with Crippen molar-refractivity contribution in [2.24, 2.45) is 0 Å². The molecule has 0 aliphatic carbocycles. The van der Waals surface area contributed by atoms with Gasteiger partial charge in [0.1, 0.15) is 11.6 Å². The van der Waals surface area contributed by atoms with E-state index in [4.69, 9.17) is 9.97 Å². The molecule has 0 spiro atoms. The number of hydrogen-bond donors (Lipinski definition) is 2. The lowest BCUT2D eigenvalue weighted by atomic mass is 10.0. The van der Waals surface area contributed by atoms with E-state index in [1.54, 1.807) is 0 Å². The Morgan fingerprint density at radius 2 is 2.05 bits per heavy atom. The van der Waals surface area contributed by atoms with Gasteiger partial charge in [0, 0.05) is 31.5 Å². The second-order valence-electron chi connectivity index (χ2n) is 5.62. The molecule has 2 heterocycles. The van der Waals surface area contributed by atoms with Gasteiger partial charge in [-0.15, -0.1) is 0 Å². The molecule has 4 nitrogen and oxygen atoms in total. The Bertz CT molecular complexity index is 610. The predicted octanol–water partition coefficient (Wildman–Crippen LogP) is 2.36. The van der Waals surface area contributed by atoms with Gasteiger partial charge < -0.3 is 10.6 Å². The highest BCUT2D eigenvalue weighted by Gasteiger charge is 2.21. The van der Waals surface area contributed by atoms with Crippen LogP contribution in [0.4, 0.5) is 5.82 Å². The molecule has 2 aromatic rings. The van der Waals surface area contributed by atoms with Crippen LogP contribution < -0.4 is 10.6 Å². The maximum absolute atomic E-state index is 4.87. The van der Waals surface area contributed by atoms with Crippen LogP contribution in [0.1, 0.15) is 35.5 Å². The highest BCUT2D eigenvalue weighted by molar-refractivity contribution is 5.48. The summed E-state index contributed by atoms with van der Waals surface area (Å²) in [5.74, 6) is 2.31. The van der Waals surface area contributed by atoms with E-state index < -0.39 is 0 Å². The molecular weight excluding hydrogens is 260 g/mol. The number of nitrogens with zero attached hydrogens (tertiary/aromatic N) is 2. The zero-order valence-electron chi connectivity index (χ0n) is 12.7. The van der Waals surface area contributed by atoms with Gasteiger partial charge >= 0.3 is 0 Å². The molecule has 1 unspecified atom stereocenters. The van der Waals surface area contributed by atoms with Gasteiger partial charge in [-0.05, 0) is 18.5 Å². The summed E-state index contributed by atoms with van der Waals surface area (Å²) in [4.78, 5) is 9.59. The first kappa shape index (κ1) is 14.0. The Morgan fingerprint density at radius 1 is 1.24 bits per heavy atom. The molecule has 3 rings (SSSR count).